The molecular formula is C14H16BrN3OS. The first-order valence-electron chi connectivity index (χ1n) is 6.25. The van der Waals surface area contributed by atoms with Gasteiger partial charge in [0, 0.05) is 29.1 Å². The second-order valence-corrected chi connectivity index (χ2v) is 6.04. The highest BCUT2D eigenvalue weighted by atomic mass is 79.9. The summed E-state index contributed by atoms with van der Waals surface area (Å²) >= 11 is 5.04. The summed E-state index contributed by atoms with van der Waals surface area (Å²) in [5.74, 6) is 1.51. The first-order chi connectivity index (χ1) is 9.71. The Labute approximate surface area is 131 Å². The van der Waals surface area contributed by atoms with Gasteiger partial charge in [0.15, 0.2) is 5.82 Å². The molecule has 0 spiro atoms. The Kier molecular flexibility index (Phi) is 5.82. The lowest BCUT2D eigenvalue weighted by Gasteiger charge is -2.08. The molecule has 0 bridgehead atoms. The maximum Gasteiger partial charge on any atom is 0.157 e. The van der Waals surface area contributed by atoms with Crippen molar-refractivity contribution >= 4 is 33.5 Å². The highest BCUT2D eigenvalue weighted by molar-refractivity contribution is 9.10. The van der Waals surface area contributed by atoms with E-state index in [0.717, 1.165) is 26.8 Å². The standard InChI is InChI=1S/C14H16BrN3OS/c1-3-16-12-8-14(18-13(17-12)9-19-2)20-11-6-4-10(15)5-7-11/h4-8H,3,9H2,1-2H3,(H,16,17,18). The van der Waals surface area contributed by atoms with E-state index in [1.807, 2.05) is 25.1 Å². The van der Waals surface area contributed by atoms with Crippen molar-refractivity contribution in [3.05, 3.63) is 40.6 Å². The molecule has 4 nitrogen and oxygen atoms in total. The molecule has 6 heteroatoms. The van der Waals surface area contributed by atoms with Crippen molar-refractivity contribution in [3.8, 4) is 0 Å². The fourth-order valence-electron chi connectivity index (χ4n) is 1.61. The van der Waals surface area contributed by atoms with E-state index in [4.69, 9.17) is 4.74 Å². The van der Waals surface area contributed by atoms with Gasteiger partial charge in [-0.3, -0.25) is 0 Å². The fourth-order valence-corrected chi connectivity index (χ4v) is 2.71. The molecule has 20 heavy (non-hydrogen) atoms. The van der Waals surface area contributed by atoms with Crippen molar-refractivity contribution in [1.82, 2.24) is 9.97 Å². The van der Waals surface area contributed by atoms with Gasteiger partial charge < -0.3 is 10.1 Å². The SMILES string of the molecule is CCNc1cc(Sc2ccc(Br)cc2)nc(COC)n1. The van der Waals surface area contributed by atoms with Crippen molar-refractivity contribution in [1.29, 1.82) is 0 Å². The van der Waals surface area contributed by atoms with Gasteiger partial charge in [0.25, 0.3) is 0 Å². The first-order valence-corrected chi connectivity index (χ1v) is 7.86. The molecule has 106 valence electrons. The van der Waals surface area contributed by atoms with E-state index in [1.54, 1.807) is 18.9 Å². The molecule has 2 aromatic rings. The summed E-state index contributed by atoms with van der Waals surface area (Å²) in [6.45, 7) is 3.28. The van der Waals surface area contributed by atoms with Crippen LogP contribution in [0.3, 0.4) is 0 Å². The molecule has 0 fully saturated rings. The Bertz CT molecular complexity index is 539. The summed E-state index contributed by atoms with van der Waals surface area (Å²) in [4.78, 5) is 10.0. The monoisotopic (exact) mass is 353 g/mol. The topological polar surface area (TPSA) is 47.0 Å². The van der Waals surface area contributed by atoms with Gasteiger partial charge in [0.05, 0.1) is 0 Å². The van der Waals surface area contributed by atoms with Crippen LogP contribution in [-0.2, 0) is 11.3 Å². The number of halogens is 1. The van der Waals surface area contributed by atoms with Crippen molar-refractivity contribution in [2.75, 3.05) is 19.0 Å². The van der Waals surface area contributed by atoms with Crippen LogP contribution in [0.15, 0.2) is 44.7 Å². The Morgan fingerprint density at radius 3 is 2.65 bits per heavy atom. The summed E-state index contributed by atoms with van der Waals surface area (Å²) in [6, 6.07) is 10.1. The summed E-state index contributed by atoms with van der Waals surface area (Å²) in [7, 11) is 1.64. The van der Waals surface area contributed by atoms with Crippen LogP contribution in [0.2, 0.25) is 0 Å². The van der Waals surface area contributed by atoms with E-state index >= 15 is 0 Å². The minimum Gasteiger partial charge on any atom is -0.377 e. The predicted molar refractivity (Wildman–Crippen MR) is 85.2 cm³/mol. The molecule has 0 aliphatic rings. The number of nitrogens with zero attached hydrogens (tertiary/aromatic N) is 2. The van der Waals surface area contributed by atoms with Crippen LogP contribution >= 0.6 is 27.7 Å². The summed E-state index contributed by atoms with van der Waals surface area (Å²) in [5, 5.41) is 4.12. The average Bonchev–Trinajstić information content (AvgIpc) is 2.42. The van der Waals surface area contributed by atoms with E-state index in [-0.39, 0.29) is 0 Å². The summed E-state index contributed by atoms with van der Waals surface area (Å²) in [5.41, 5.74) is 0. The Hall–Kier alpha value is -1.11. The highest BCUT2D eigenvalue weighted by Gasteiger charge is 2.06. The molecule has 1 aromatic heterocycles. The second-order valence-electron chi connectivity index (χ2n) is 4.03. The third kappa shape index (κ3) is 4.47. The van der Waals surface area contributed by atoms with Gasteiger partial charge in [0.2, 0.25) is 0 Å². The van der Waals surface area contributed by atoms with E-state index < -0.39 is 0 Å². The van der Waals surface area contributed by atoms with Gasteiger partial charge in [-0.05, 0) is 31.2 Å². The number of anilines is 1. The van der Waals surface area contributed by atoms with Crippen molar-refractivity contribution < 1.29 is 4.74 Å². The number of hydrogen-bond acceptors (Lipinski definition) is 5. The zero-order valence-corrected chi connectivity index (χ0v) is 13.8. The molecule has 0 atom stereocenters. The molecule has 0 aliphatic heterocycles. The average molecular weight is 354 g/mol. The zero-order valence-electron chi connectivity index (χ0n) is 11.4. The molecular weight excluding hydrogens is 338 g/mol. The van der Waals surface area contributed by atoms with Crippen LogP contribution in [0.25, 0.3) is 0 Å². The molecule has 0 radical (unpaired) electrons. The van der Waals surface area contributed by atoms with E-state index in [9.17, 15) is 0 Å². The highest BCUT2D eigenvalue weighted by Crippen LogP contribution is 2.28. The molecule has 0 saturated heterocycles. The Morgan fingerprint density at radius 1 is 1.25 bits per heavy atom. The lowest BCUT2D eigenvalue weighted by Crippen LogP contribution is -2.05. The summed E-state index contributed by atoms with van der Waals surface area (Å²) < 4.78 is 6.18. The number of hydrogen-bond donors (Lipinski definition) is 1. The van der Waals surface area contributed by atoms with E-state index in [2.05, 4.69) is 43.3 Å². The van der Waals surface area contributed by atoms with Crippen LogP contribution in [-0.4, -0.2) is 23.6 Å². The van der Waals surface area contributed by atoms with Gasteiger partial charge in [-0.1, -0.05) is 27.7 Å². The fraction of sp³-hybridized carbons (Fsp3) is 0.286. The van der Waals surface area contributed by atoms with Crippen molar-refractivity contribution in [2.45, 2.75) is 23.5 Å². The number of benzene rings is 1. The lowest BCUT2D eigenvalue weighted by molar-refractivity contribution is 0.177. The van der Waals surface area contributed by atoms with Crippen LogP contribution in [0.4, 0.5) is 5.82 Å². The van der Waals surface area contributed by atoms with Crippen LogP contribution < -0.4 is 5.32 Å². The smallest absolute Gasteiger partial charge is 0.157 e. The minimum atomic E-state index is 0.410. The summed E-state index contributed by atoms with van der Waals surface area (Å²) in [6.07, 6.45) is 0. The molecule has 1 aromatic carbocycles. The molecule has 2 rings (SSSR count). The molecule has 0 unspecified atom stereocenters. The normalized spacial score (nSPS) is 10.6. The Morgan fingerprint density at radius 2 is 2.00 bits per heavy atom. The maximum absolute atomic E-state index is 5.11. The van der Waals surface area contributed by atoms with Crippen molar-refractivity contribution in [2.24, 2.45) is 0 Å². The number of nitrogens with one attached hydrogen (secondary N) is 1. The van der Waals surface area contributed by atoms with Gasteiger partial charge in [-0.25, -0.2) is 9.97 Å². The van der Waals surface area contributed by atoms with Gasteiger partial charge >= 0.3 is 0 Å². The van der Waals surface area contributed by atoms with Crippen LogP contribution in [0.5, 0.6) is 0 Å². The van der Waals surface area contributed by atoms with Gasteiger partial charge in [-0.15, -0.1) is 0 Å². The molecule has 0 amide bonds. The maximum atomic E-state index is 5.11. The number of methoxy groups -OCH3 is 1. The zero-order chi connectivity index (χ0) is 14.4. The minimum absolute atomic E-state index is 0.410. The third-order valence-corrected chi connectivity index (χ3v) is 3.87. The molecule has 1 N–H and O–H groups in total. The van der Waals surface area contributed by atoms with Crippen LogP contribution in [0.1, 0.15) is 12.7 Å². The second kappa shape index (κ2) is 7.61. The molecule has 0 aliphatic carbocycles. The van der Waals surface area contributed by atoms with Gasteiger partial charge in [0.1, 0.15) is 17.5 Å². The predicted octanol–water partition coefficient (Wildman–Crippen LogP) is 3.97. The number of rotatable bonds is 6. The number of aromatic nitrogens is 2. The molecule has 1 heterocycles. The largest absolute Gasteiger partial charge is 0.377 e. The Balaban J connectivity index is 2.22. The van der Waals surface area contributed by atoms with Gasteiger partial charge in [-0.2, -0.15) is 0 Å². The quantitative estimate of drug-likeness (QED) is 0.796. The van der Waals surface area contributed by atoms with E-state index in [1.165, 1.54) is 0 Å². The number of ether oxygens (including phenoxy) is 1. The van der Waals surface area contributed by atoms with E-state index in [0.29, 0.717) is 12.4 Å². The van der Waals surface area contributed by atoms with Crippen molar-refractivity contribution in [3.63, 3.8) is 0 Å². The molecule has 0 saturated carbocycles. The first kappa shape index (κ1) is 15.3. The lowest BCUT2D eigenvalue weighted by atomic mass is 10.4. The van der Waals surface area contributed by atoms with Crippen LogP contribution in [0, 0.1) is 0 Å². The third-order valence-electron chi connectivity index (χ3n) is 2.42.